The summed E-state index contributed by atoms with van der Waals surface area (Å²) >= 11 is 3.11. The molecule has 1 N–H and O–H groups in total. The number of nitrogens with zero attached hydrogens (tertiary/aromatic N) is 2. The van der Waals surface area contributed by atoms with E-state index in [-0.39, 0.29) is 5.82 Å². The van der Waals surface area contributed by atoms with Crippen molar-refractivity contribution in [2.24, 2.45) is 0 Å². The average Bonchev–Trinajstić information content (AvgIpc) is 2.97. The van der Waals surface area contributed by atoms with Gasteiger partial charge in [-0.15, -0.1) is 10.2 Å². The highest BCUT2D eigenvalue weighted by atomic mass is 32.2. The highest BCUT2D eigenvalue weighted by Crippen LogP contribution is 2.29. The summed E-state index contributed by atoms with van der Waals surface area (Å²) in [6, 6.07) is 14.6. The topological polar surface area (TPSA) is 37.8 Å². The lowest BCUT2D eigenvalue weighted by molar-refractivity contribution is 0.627. The standard InChI is InChI=1S/C16H14FN3S2/c1-11-2-8-14(9-3-11)18-15-19-20-16(22-15)21-10-12-4-6-13(17)7-5-12/h2-9H,10H2,1H3,(H,18,19). The molecule has 0 saturated carbocycles. The summed E-state index contributed by atoms with van der Waals surface area (Å²) in [5.74, 6) is 0.536. The lowest BCUT2D eigenvalue weighted by Crippen LogP contribution is -1.88. The molecule has 0 aliphatic carbocycles. The number of aryl methyl sites for hydroxylation is 1. The van der Waals surface area contributed by atoms with Crippen molar-refractivity contribution < 1.29 is 4.39 Å². The first-order valence-electron chi connectivity index (χ1n) is 6.73. The van der Waals surface area contributed by atoms with Crippen molar-refractivity contribution in [3.05, 3.63) is 65.5 Å². The summed E-state index contributed by atoms with van der Waals surface area (Å²) in [7, 11) is 0. The van der Waals surface area contributed by atoms with E-state index < -0.39 is 0 Å². The highest BCUT2D eigenvalue weighted by molar-refractivity contribution is 8.00. The highest BCUT2D eigenvalue weighted by Gasteiger charge is 2.05. The molecule has 0 spiro atoms. The normalized spacial score (nSPS) is 10.6. The molecule has 1 heterocycles. The van der Waals surface area contributed by atoms with Gasteiger partial charge in [-0.25, -0.2) is 4.39 Å². The maximum Gasteiger partial charge on any atom is 0.210 e. The second-order valence-electron chi connectivity index (χ2n) is 4.78. The van der Waals surface area contributed by atoms with E-state index in [1.54, 1.807) is 23.9 Å². The van der Waals surface area contributed by atoms with Gasteiger partial charge in [-0.05, 0) is 36.8 Å². The summed E-state index contributed by atoms with van der Waals surface area (Å²) in [5.41, 5.74) is 3.28. The first kappa shape index (κ1) is 15.0. The van der Waals surface area contributed by atoms with E-state index in [9.17, 15) is 4.39 Å². The zero-order chi connectivity index (χ0) is 15.4. The molecule has 0 aliphatic rings. The summed E-state index contributed by atoms with van der Waals surface area (Å²) in [6.07, 6.45) is 0. The van der Waals surface area contributed by atoms with E-state index in [1.165, 1.54) is 29.0 Å². The second kappa shape index (κ2) is 6.89. The molecule has 22 heavy (non-hydrogen) atoms. The molecule has 0 bridgehead atoms. The third kappa shape index (κ3) is 4.05. The molecule has 112 valence electrons. The van der Waals surface area contributed by atoms with Crippen LogP contribution in [0, 0.1) is 12.7 Å². The fourth-order valence-electron chi connectivity index (χ4n) is 1.80. The number of halogens is 1. The Kier molecular flexibility index (Phi) is 4.70. The summed E-state index contributed by atoms with van der Waals surface area (Å²) in [6.45, 7) is 2.05. The molecule has 6 heteroatoms. The molecule has 2 aromatic carbocycles. The lowest BCUT2D eigenvalue weighted by Gasteiger charge is -2.01. The van der Waals surface area contributed by atoms with Crippen molar-refractivity contribution in [2.75, 3.05) is 5.32 Å². The Morgan fingerprint density at radius 3 is 2.50 bits per heavy atom. The van der Waals surface area contributed by atoms with Crippen molar-refractivity contribution in [1.29, 1.82) is 0 Å². The minimum absolute atomic E-state index is 0.214. The summed E-state index contributed by atoms with van der Waals surface area (Å²) in [5, 5.41) is 12.3. The number of aromatic nitrogens is 2. The number of benzene rings is 2. The average molecular weight is 331 g/mol. The van der Waals surface area contributed by atoms with Crippen LogP contribution in [0.1, 0.15) is 11.1 Å². The quantitative estimate of drug-likeness (QED) is 0.666. The minimum Gasteiger partial charge on any atom is -0.330 e. The van der Waals surface area contributed by atoms with Gasteiger partial charge in [-0.2, -0.15) is 0 Å². The van der Waals surface area contributed by atoms with Crippen molar-refractivity contribution in [1.82, 2.24) is 10.2 Å². The van der Waals surface area contributed by atoms with E-state index in [1.807, 2.05) is 24.3 Å². The van der Waals surface area contributed by atoms with E-state index in [0.29, 0.717) is 0 Å². The van der Waals surface area contributed by atoms with Crippen LogP contribution >= 0.6 is 23.1 Å². The molecular formula is C16H14FN3S2. The Labute approximate surface area is 136 Å². The van der Waals surface area contributed by atoms with Crippen molar-refractivity contribution in [2.45, 2.75) is 17.0 Å². The third-order valence-corrected chi connectivity index (χ3v) is 5.03. The van der Waals surface area contributed by atoms with Crippen molar-refractivity contribution in [3.63, 3.8) is 0 Å². The molecular weight excluding hydrogens is 317 g/mol. The fraction of sp³-hybridized carbons (Fsp3) is 0.125. The fourth-order valence-corrected chi connectivity index (χ4v) is 3.53. The predicted molar refractivity (Wildman–Crippen MR) is 90.3 cm³/mol. The van der Waals surface area contributed by atoms with Gasteiger partial charge in [0, 0.05) is 11.4 Å². The second-order valence-corrected chi connectivity index (χ2v) is 6.98. The minimum atomic E-state index is -0.214. The SMILES string of the molecule is Cc1ccc(Nc2nnc(SCc3ccc(F)cc3)s2)cc1. The zero-order valence-corrected chi connectivity index (χ0v) is 13.5. The molecule has 0 radical (unpaired) electrons. The van der Waals surface area contributed by atoms with Crippen LogP contribution in [0.5, 0.6) is 0 Å². The van der Waals surface area contributed by atoms with Crippen LogP contribution in [0.25, 0.3) is 0 Å². The number of hydrogen-bond donors (Lipinski definition) is 1. The monoisotopic (exact) mass is 331 g/mol. The van der Waals surface area contributed by atoms with Crippen LogP contribution in [-0.2, 0) is 5.75 Å². The van der Waals surface area contributed by atoms with Gasteiger partial charge >= 0.3 is 0 Å². The Bertz CT molecular complexity index is 739. The van der Waals surface area contributed by atoms with Crippen molar-refractivity contribution in [3.8, 4) is 0 Å². The molecule has 0 saturated heterocycles. The predicted octanol–water partition coefficient (Wildman–Crippen LogP) is 5.02. The van der Waals surface area contributed by atoms with Gasteiger partial charge in [-0.1, -0.05) is 52.9 Å². The van der Waals surface area contributed by atoms with Gasteiger partial charge < -0.3 is 5.32 Å². The van der Waals surface area contributed by atoms with Crippen LogP contribution < -0.4 is 5.32 Å². The Morgan fingerprint density at radius 2 is 1.77 bits per heavy atom. The molecule has 3 aromatic rings. The number of hydrogen-bond acceptors (Lipinski definition) is 5. The Morgan fingerprint density at radius 1 is 1.05 bits per heavy atom. The maximum atomic E-state index is 12.8. The number of anilines is 2. The maximum absolute atomic E-state index is 12.8. The molecule has 1 aromatic heterocycles. The first-order valence-corrected chi connectivity index (χ1v) is 8.54. The molecule has 0 aliphatic heterocycles. The largest absolute Gasteiger partial charge is 0.330 e. The van der Waals surface area contributed by atoms with Gasteiger partial charge in [-0.3, -0.25) is 0 Å². The summed E-state index contributed by atoms with van der Waals surface area (Å²) < 4.78 is 13.7. The Balaban J connectivity index is 1.59. The third-order valence-electron chi connectivity index (χ3n) is 2.98. The summed E-state index contributed by atoms with van der Waals surface area (Å²) in [4.78, 5) is 0. The van der Waals surface area contributed by atoms with Crippen LogP contribution in [0.4, 0.5) is 15.2 Å². The molecule has 3 rings (SSSR count). The molecule has 0 unspecified atom stereocenters. The smallest absolute Gasteiger partial charge is 0.210 e. The van der Waals surface area contributed by atoms with E-state index in [4.69, 9.17) is 0 Å². The van der Waals surface area contributed by atoms with E-state index >= 15 is 0 Å². The lowest BCUT2D eigenvalue weighted by atomic mass is 10.2. The van der Waals surface area contributed by atoms with Gasteiger partial charge in [0.2, 0.25) is 5.13 Å². The van der Waals surface area contributed by atoms with E-state index in [2.05, 4.69) is 22.4 Å². The molecule has 0 amide bonds. The van der Waals surface area contributed by atoms with Crippen molar-refractivity contribution >= 4 is 33.9 Å². The van der Waals surface area contributed by atoms with Crippen LogP contribution in [-0.4, -0.2) is 10.2 Å². The van der Waals surface area contributed by atoms with Crippen LogP contribution in [0.15, 0.2) is 52.9 Å². The number of thioether (sulfide) groups is 1. The Hall–Kier alpha value is -1.92. The van der Waals surface area contributed by atoms with Crippen LogP contribution in [0.3, 0.4) is 0 Å². The number of rotatable bonds is 5. The molecule has 0 atom stereocenters. The zero-order valence-electron chi connectivity index (χ0n) is 11.9. The van der Waals surface area contributed by atoms with Gasteiger partial charge in [0.15, 0.2) is 4.34 Å². The molecule has 3 nitrogen and oxygen atoms in total. The van der Waals surface area contributed by atoms with Gasteiger partial charge in [0.1, 0.15) is 5.82 Å². The van der Waals surface area contributed by atoms with Gasteiger partial charge in [0.25, 0.3) is 0 Å². The van der Waals surface area contributed by atoms with Crippen LogP contribution in [0.2, 0.25) is 0 Å². The van der Waals surface area contributed by atoms with Gasteiger partial charge in [0.05, 0.1) is 0 Å². The first-order chi connectivity index (χ1) is 10.7. The molecule has 0 fully saturated rings. The number of nitrogens with one attached hydrogen (secondary N) is 1. The van der Waals surface area contributed by atoms with E-state index in [0.717, 1.165) is 26.5 Å².